The molecule has 236 valence electrons. The fourth-order valence-electron chi connectivity index (χ4n) is 4.99. The van der Waals surface area contributed by atoms with Gasteiger partial charge in [-0.15, -0.1) is 0 Å². The summed E-state index contributed by atoms with van der Waals surface area (Å²) in [7, 11) is 1.63. The van der Waals surface area contributed by atoms with Gasteiger partial charge >= 0.3 is 11.9 Å². The van der Waals surface area contributed by atoms with Gasteiger partial charge in [-0.05, 0) is 50.7 Å². The molecule has 0 amide bonds. The predicted octanol–water partition coefficient (Wildman–Crippen LogP) is 4.00. The predicted molar refractivity (Wildman–Crippen MR) is 161 cm³/mol. The SMILES string of the molecule is CCC(OC)C(C)C(Br)C(O)C(O)C(C)/C=C/C=C(\C)C1OC(=O)CC(O)CCC(C)(O)C(OC(C)=O)/C=C/C1C. The number of carbonyl (C=O) groups excluding carboxylic acids is 2. The normalized spacial score (nSPS) is 32.0. The molecule has 9 nitrogen and oxygen atoms in total. The molecule has 0 saturated carbocycles. The fraction of sp³-hybridized carbons (Fsp3) is 0.742. The highest BCUT2D eigenvalue weighted by molar-refractivity contribution is 9.09. The van der Waals surface area contributed by atoms with E-state index in [-0.39, 0.29) is 47.9 Å². The Morgan fingerprint density at radius 3 is 2.44 bits per heavy atom. The van der Waals surface area contributed by atoms with Crippen LogP contribution in [-0.2, 0) is 23.8 Å². The number of halogens is 1. The summed E-state index contributed by atoms with van der Waals surface area (Å²) < 4.78 is 16.6. The summed E-state index contributed by atoms with van der Waals surface area (Å²) >= 11 is 3.54. The van der Waals surface area contributed by atoms with Gasteiger partial charge in [-0.25, -0.2) is 0 Å². The van der Waals surface area contributed by atoms with Gasteiger partial charge in [-0.1, -0.05) is 67.9 Å². The van der Waals surface area contributed by atoms with E-state index >= 15 is 0 Å². The van der Waals surface area contributed by atoms with Gasteiger partial charge in [0.25, 0.3) is 0 Å². The van der Waals surface area contributed by atoms with Crippen molar-refractivity contribution in [2.75, 3.05) is 7.11 Å². The highest BCUT2D eigenvalue weighted by Crippen LogP contribution is 2.29. The van der Waals surface area contributed by atoms with Crippen molar-refractivity contribution in [2.24, 2.45) is 17.8 Å². The minimum atomic E-state index is -1.44. The lowest BCUT2D eigenvalue weighted by molar-refractivity contribution is -0.157. The van der Waals surface area contributed by atoms with Crippen LogP contribution in [-0.4, -0.2) is 86.5 Å². The topological polar surface area (TPSA) is 143 Å². The summed E-state index contributed by atoms with van der Waals surface area (Å²) in [5.41, 5.74) is -0.738. The summed E-state index contributed by atoms with van der Waals surface area (Å²) in [4.78, 5) is 24.0. The molecular weight excluding hydrogens is 596 g/mol. The van der Waals surface area contributed by atoms with Crippen molar-refractivity contribution in [1.29, 1.82) is 0 Å². The van der Waals surface area contributed by atoms with Crippen molar-refractivity contribution in [3.8, 4) is 0 Å². The number of alkyl halides is 1. The second-order valence-corrected chi connectivity index (χ2v) is 12.6. The van der Waals surface area contributed by atoms with Crippen LogP contribution in [0.25, 0.3) is 0 Å². The third-order valence-electron chi connectivity index (χ3n) is 7.85. The Balaban J connectivity index is 3.14. The van der Waals surface area contributed by atoms with E-state index in [0.717, 1.165) is 6.42 Å². The maximum Gasteiger partial charge on any atom is 0.309 e. The van der Waals surface area contributed by atoms with Crippen molar-refractivity contribution in [3.63, 3.8) is 0 Å². The van der Waals surface area contributed by atoms with Gasteiger partial charge in [-0.2, -0.15) is 0 Å². The van der Waals surface area contributed by atoms with Crippen LogP contribution in [0.3, 0.4) is 0 Å². The Hall–Kier alpha value is -1.56. The molecule has 4 N–H and O–H groups in total. The Labute approximate surface area is 253 Å². The molecule has 10 heteroatoms. The monoisotopic (exact) mass is 646 g/mol. The summed E-state index contributed by atoms with van der Waals surface area (Å²) in [6, 6.07) is 0. The summed E-state index contributed by atoms with van der Waals surface area (Å²) in [6.07, 6.45) is 4.62. The highest BCUT2D eigenvalue weighted by Gasteiger charge is 2.36. The smallest absolute Gasteiger partial charge is 0.309 e. The van der Waals surface area contributed by atoms with Crippen molar-refractivity contribution in [3.05, 3.63) is 36.0 Å². The Morgan fingerprint density at radius 2 is 1.88 bits per heavy atom. The van der Waals surface area contributed by atoms with Crippen LogP contribution in [0, 0.1) is 17.8 Å². The molecule has 41 heavy (non-hydrogen) atoms. The van der Waals surface area contributed by atoms with Crippen LogP contribution in [0.15, 0.2) is 36.0 Å². The molecule has 1 aliphatic rings. The lowest BCUT2D eigenvalue weighted by atomic mass is 9.88. The van der Waals surface area contributed by atoms with Crippen molar-refractivity contribution < 1.29 is 44.2 Å². The zero-order valence-electron chi connectivity index (χ0n) is 25.7. The van der Waals surface area contributed by atoms with E-state index in [1.54, 1.807) is 51.3 Å². The molecule has 0 aliphatic carbocycles. The molecule has 0 radical (unpaired) electrons. The molecule has 1 rings (SSSR count). The third kappa shape index (κ3) is 11.9. The number of methoxy groups -OCH3 is 1. The quantitative estimate of drug-likeness (QED) is 0.113. The van der Waals surface area contributed by atoms with E-state index in [2.05, 4.69) is 15.9 Å². The second-order valence-electron chi connectivity index (χ2n) is 11.6. The van der Waals surface area contributed by atoms with E-state index in [9.17, 15) is 30.0 Å². The number of hydrogen-bond donors (Lipinski definition) is 4. The first-order valence-corrected chi connectivity index (χ1v) is 15.3. The molecule has 0 fully saturated rings. The van der Waals surface area contributed by atoms with E-state index in [4.69, 9.17) is 14.2 Å². The van der Waals surface area contributed by atoms with Crippen LogP contribution in [0.1, 0.15) is 74.1 Å². The van der Waals surface area contributed by atoms with Crippen molar-refractivity contribution in [2.45, 2.75) is 121 Å². The Kier molecular flexibility index (Phi) is 16.0. The summed E-state index contributed by atoms with van der Waals surface area (Å²) in [5.74, 6) is -1.89. The van der Waals surface area contributed by atoms with E-state index in [1.165, 1.54) is 13.8 Å². The molecule has 0 saturated heterocycles. The van der Waals surface area contributed by atoms with Gasteiger partial charge in [0.2, 0.25) is 0 Å². The maximum atomic E-state index is 12.6. The van der Waals surface area contributed by atoms with Gasteiger partial charge in [0, 0.05) is 30.7 Å². The lowest BCUT2D eigenvalue weighted by Gasteiger charge is -2.32. The molecule has 0 spiro atoms. The molecule has 11 atom stereocenters. The zero-order valence-corrected chi connectivity index (χ0v) is 27.3. The van der Waals surface area contributed by atoms with Gasteiger partial charge in [0.1, 0.15) is 17.8 Å². The minimum Gasteiger partial charge on any atom is -0.457 e. The van der Waals surface area contributed by atoms with E-state index in [1.807, 2.05) is 20.8 Å². The molecular formula is C31H51BrO9. The highest BCUT2D eigenvalue weighted by atomic mass is 79.9. The number of aliphatic hydroxyl groups excluding tert-OH is 3. The number of aliphatic hydroxyl groups is 4. The fourth-order valence-corrected chi connectivity index (χ4v) is 5.64. The number of cyclic esters (lactones) is 1. The third-order valence-corrected chi connectivity index (χ3v) is 9.22. The van der Waals surface area contributed by atoms with Crippen molar-refractivity contribution >= 4 is 27.9 Å². The minimum absolute atomic E-state index is 0.0269. The van der Waals surface area contributed by atoms with Crippen LogP contribution in [0.2, 0.25) is 0 Å². The molecule has 0 aromatic rings. The van der Waals surface area contributed by atoms with Crippen LogP contribution in [0.4, 0.5) is 0 Å². The van der Waals surface area contributed by atoms with Crippen LogP contribution < -0.4 is 0 Å². The van der Waals surface area contributed by atoms with Gasteiger partial charge in [-0.3, -0.25) is 9.59 Å². The molecule has 0 bridgehead atoms. The maximum absolute atomic E-state index is 12.6. The van der Waals surface area contributed by atoms with E-state index < -0.39 is 48.1 Å². The largest absolute Gasteiger partial charge is 0.457 e. The molecule has 1 aliphatic heterocycles. The van der Waals surface area contributed by atoms with Gasteiger partial charge < -0.3 is 34.6 Å². The first kappa shape index (κ1) is 37.5. The molecule has 0 aromatic heterocycles. The van der Waals surface area contributed by atoms with Gasteiger partial charge in [0.05, 0.1) is 30.8 Å². The second kappa shape index (κ2) is 17.5. The average Bonchev–Trinajstić information content (AvgIpc) is 2.91. The number of hydrogen-bond acceptors (Lipinski definition) is 9. The standard InChI is InChI=1S/C31H51BrO9/c1-9-24(39-8)21(5)27(32)29(37)28(36)18(2)11-10-12-19(3)30-20(4)13-14-25(40-22(6)33)31(7,38)16-15-23(34)17-26(35)41-30/h10-14,18,20-21,23-25,27-30,34,36-38H,9,15-17H2,1-8H3/b11-10+,14-13+,19-12+. The summed E-state index contributed by atoms with van der Waals surface area (Å²) in [5, 5.41) is 42.9. The Bertz CT molecular complexity index is 911. The van der Waals surface area contributed by atoms with Crippen molar-refractivity contribution in [1.82, 2.24) is 0 Å². The summed E-state index contributed by atoms with van der Waals surface area (Å²) in [6.45, 7) is 12.2. The number of ether oxygens (including phenoxy) is 3. The molecule has 1 heterocycles. The number of carbonyl (C=O) groups is 2. The Morgan fingerprint density at radius 1 is 1.24 bits per heavy atom. The van der Waals surface area contributed by atoms with Crippen LogP contribution in [0.5, 0.6) is 0 Å². The lowest BCUT2D eigenvalue weighted by Crippen LogP contribution is -2.43. The number of esters is 2. The van der Waals surface area contributed by atoms with Gasteiger partial charge in [0.15, 0.2) is 0 Å². The number of allylic oxidation sites excluding steroid dienone is 2. The van der Waals surface area contributed by atoms with E-state index in [0.29, 0.717) is 5.57 Å². The molecule has 11 unspecified atom stereocenters. The first-order chi connectivity index (χ1) is 19.0. The average molecular weight is 648 g/mol. The number of rotatable bonds is 11. The zero-order chi connectivity index (χ0) is 31.5. The van der Waals surface area contributed by atoms with Crippen LogP contribution >= 0.6 is 15.9 Å². The first-order valence-electron chi connectivity index (χ1n) is 14.4. The molecule has 0 aromatic carbocycles.